The van der Waals surface area contributed by atoms with Gasteiger partial charge in [0.15, 0.2) is 11.6 Å². The van der Waals surface area contributed by atoms with Gasteiger partial charge in [-0.1, -0.05) is 0 Å². The van der Waals surface area contributed by atoms with Gasteiger partial charge in [-0.25, -0.2) is 9.37 Å². The molecule has 0 spiro atoms. The number of halogens is 2. The smallest absolute Gasteiger partial charge is 0.166 e. The SMILES string of the molecule is N[C@H]1CC[C@H](Nc2ncc(Br)cc2F)C1. The molecular weight excluding hydrogens is 261 g/mol. The molecule has 1 aliphatic rings. The molecule has 15 heavy (non-hydrogen) atoms. The molecule has 0 unspecified atom stereocenters. The van der Waals surface area contributed by atoms with Gasteiger partial charge in [-0.2, -0.15) is 0 Å². The van der Waals surface area contributed by atoms with Crippen LogP contribution in [0.2, 0.25) is 0 Å². The summed E-state index contributed by atoms with van der Waals surface area (Å²) in [5.74, 6) is -0.0119. The van der Waals surface area contributed by atoms with Crippen molar-refractivity contribution in [2.75, 3.05) is 5.32 Å². The van der Waals surface area contributed by atoms with Gasteiger partial charge < -0.3 is 11.1 Å². The van der Waals surface area contributed by atoms with E-state index in [0.29, 0.717) is 10.3 Å². The second-order valence-electron chi connectivity index (χ2n) is 3.90. The monoisotopic (exact) mass is 273 g/mol. The molecule has 0 saturated heterocycles. The maximum absolute atomic E-state index is 13.4. The maximum atomic E-state index is 13.4. The zero-order valence-corrected chi connectivity index (χ0v) is 9.80. The van der Waals surface area contributed by atoms with E-state index in [1.165, 1.54) is 6.07 Å². The van der Waals surface area contributed by atoms with Crippen molar-refractivity contribution < 1.29 is 4.39 Å². The third kappa shape index (κ3) is 2.66. The minimum Gasteiger partial charge on any atom is -0.365 e. The summed E-state index contributed by atoms with van der Waals surface area (Å²) in [6.07, 6.45) is 4.45. The summed E-state index contributed by atoms with van der Waals surface area (Å²) in [5.41, 5.74) is 5.78. The fourth-order valence-corrected chi connectivity index (χ4v) is 2.16. The van der Waals surface area contributed by atoms with Crippen molar-refractivity contribution >= 4 is 21.7 Å². The first kappa shape index (κ1) is 10.8. The van der Waals surface area contributed by atoms with Gasteiger partial charge in [0.05, 0.1) is 0 Å². The van der Waals surface area contributed by atoms with E-state index >= 15 is 0 Å². The van der Waals surface area contributed by atoms with Crippen molar-refractivity contribution in [3.8, 4) is 0 Å². The number of nitrogens with two attached hydrogens (primary N) is 1. The van der Waals surface area contributed by atoms with Gasteiger partial charge in [-0.3, -0.25) is 0 Å². The Morgan fingerprint density at radius 1 is 1.53 bits per heavy atom. The van der Waals surface area contributed by atoms with Gasteiger partial charge in [0.2, 0.25) is 0 Å². The van der Waals surface area contributed by atoms with Crippen LogP contribution >= 0.6 is 15.9 Å². The first-order valence-electron chi connectivity index (χ1n) is 4.98. The average molecular weight is 274 g/mol. The number of hydrogen-bond acceptors (Lipinski definition) is 3. The summed E-state index contributed by atoms with van der Waals surface area (Å²) >= 11 is 3.17. The number of hydrogen-bond donors (Lipinski definition) is 2. The van der Waals surface area contributed by atoms with Gasteiger partial charge in [0.25, 0.3) is 0 Å². The predicted molar refractivity (Wildman–Crippen MR) is 61.1 cm³/mol. The van der Waals surface area contributed by atoms with Gasteiger partial charge >= 0.3 is 0 Å². The first-order valence-corrected chi connectivity index (χ1v) is 5.77. The lowest BCUT2D eigenvalue weighted by Gasteiger charge is -2.13. The Hall–Kier alpha value is -0.680. The van der Waals surface area contributed by atoms with Crippen LogP contribution in [0.25, 0.3) is 0 Å². The van der Waals surface area contributed by atoms with Gasteiger partial charge in [0, 0.05) is 22.8 Å². The Balaban J connectivity index is 2.04. The van der Waals surface area contributed by atoms with E-state index in [4.69, 9.17) is 5.73 Å². The molecular formula is C10H13BrFN3. The third-order valence-electron chi connectivity index (χ3n) is 2.62. The zero-order valence-electron chi connectivity index (χ0n) is 8.21. The van der Waals surface area contributed by atoms with E-state index in [1.807, 2.05) is 0 Å². The highest BCUT2D eigenvalue weighted by molar-refractivity contribution is 9.10. The highest BCUT2D eigenvalue weighted by atomic mass is 79.9. The van der Waals surface area contributed by atoms with Crippen LogP contribution < -0.4 is 11.1 Å². The molecule has 2 rings (SSSR count). The molecule has 1 fully saturated rings. The summed E-state index contributed by atoms with van der Waals surface area (Å²) in [7, 11) is 0. The molecule has 1 heterocycles. The summed E-state index contributed by atoms with van der Waals surface area (Å²) in [6.45, 7) is 0. The van der Waals surface area contributed by atoms with Crippen LogP contribution in [-0.4, -0.2) is 17.1 Å². The molecule has 2 atom stereocenters. The minimum atomic E-state index is -0.329. The van der Waals surface area contributed by atoms with E-state index in [9.17, 15) is 4.39 Å². The van der Waals surface area contributed by atoms with Gasteiger partial charge in [-0.05, 0) is 41.3 Å². The molecule has 1 aliphatic carbocycles. The van der Waals surface area contributed by atoms with Crippen LogP contribution in [0.4, 0.5) is 10.2 Å². The van der Waals surface area contributed by atoms with Crippen molar-refractivity contribution in [3.63, 3.8) is 0 Å². The van der Waals surface area contributed by atoms with Crippen LogP contribution in [0.5, 0.6) is 0 Å². The summed E-state index contributed by atoms with van der Waals surface area (Å²) in [6, 6.07) is 1.90. The largest absolute Gasteiger partial charge is 0.365 e. The fourth-order valence-electron chi connectivity index (χ4n) is 1.86. The Kier molecular flexibility index (Phi) is 3.21. The number of aromatic nitrogens is 1. The Morgan fingerprint density at radius 3 is 2.93 bits per heavy atom. The van der Waals surface area contributed by atoms with Crippen molar-refractivity contribution in [2.45, 2.75) is 31.3 Å². The lowest BCUT2D eigenvalue weighted by molar-refractivity contribution is 0.614. The molecule has 0 aliphatic heterocycles. The number of rotatable bonds is 2. The Labute approximate surface area is 96.4 Å². The van der Waals surface area contributed by atoms with E-state index < -0.39 is 0 Å². The van der Waals surface area contributed by atoms with E-state index in [-0.39, 0.29) is 17.9 Å². The third-order valence-corrected chi connectivity index (χ3v) is 3.06. The van der Waals surface area contributed by atoms with Crippen molar-refractivity contribution in [1.82, 2.24) is 4.98 Å². The molecule has 82 valence electrons. The van der Waals surface area contributed by atoms with E-state index in [1.54, 1.807) is 6.20 Å². The molecule has 0 aromatic carbocycles. The molecule has 1 aromatic heterocycles. The van der Waals surface area contributed by atoms with Crippen LogP contribution in [0.1, 0.15) is 19.3 Å². The Morgan fingerprint density at radius 2 is 2.33 bits per heavy atom. The van der Waals surface area contributed by atoms with Gasteiger partial charge in [0.1, 0.15) is 0 Å². The number of anilines is 1. The van der Waals surface area contributed by atoms with Crippen molar-refractivity contribution in [3.05, 3.63) is 22.6 Å². The van der Waals surface area contributed by atoms with Gasteiger partial charge in [-0.15, -0.1) is 0 Å². The Bertz CT molecular complexity index is 359. The average Bonchev–Trinajstić information content (AvgIpc) is 2.56. The molecule has 0 amide bonds. The molecule has 3 nitrogen and oxygen atoms in total. The predicted octanol–water partition coefficient (Wildman–Crippen LogP) is 2.27. The van der Waals surface area contributed by atoms with Crippen molar-refractivity contribution in [1.29, 1.82) is 0 Å². The quantitative estimate of drug-likeness (QED) is 0.869. The molecule has 1 aromatic rings. The van der Waals surface area contributed by atoms with E-state index in [0.717, 1.165) is 19.3 Å². The highest BCUT2D eigenvalue weighted by Gasteiger charge is 2.22. The standard InChI is InChI=1S/C10H13BrFN3/c11-6-3-9(12)10(14-5-6)15-8-2-1-7(13)4-8/h3,5,7-8H,1-2,4,13H2,(H,14,15)/t7-,8-/m0/s1. The molecule has 1 saturated carbocycles. The van der Waals surface area contributed by atoms with Crippen LogP contribution in [0.3, 0.4) is 0 Å². The second-order valence-corrected chi connectivity index (χ2v) is 4.81. The highest BCUT2D eigenvalue weighted by Crippen LogP contribution is 2.23. The van der Waals surface area contributed by atoms with Crippen molar-refractivity contribution in [2.24, 2.45) is 5.73 Å². The summed E-state index contributed by atoms with van der Waals surface area (Å²) in [4.78, 5) is 3.99. The zero-order chi connectivity index (χ0) is 10.8. The van der Waals surface area contributed by atoms with Crippen LogP contribution in [0, 0.1) is 5.82 Å². The number of nitrogens with zero attached hydrogens (tertiary/aromatic N) is 1. The van der Waals surface area contributed by atoms with Crippen LogP contribution in [-0.2, 0) is 0 Å². The topological polar surface area (TPSA) is 50.9 Å². The van der Waals surface area contributed by atoms with Crippen LogP contribution in [0.15, 0.2) is 16.7 Å². The number of pyridine rings is 1. The molecule has 3 N–H and O–H groups in total. The fraction of sp³-hybridized carbons (Fsp3) is 0.500. The summed E-state index contributed by atoms with van der Waals surface area (Å²) in [5, 5.41) is 3.08. The molecule has 5 heteroatoms. The minimum absolute atomic E-state index is 0.237. The summed E-state index contributed by atoms with van der Waals surface area (Å²) < 4.78 is 14.1. The maximum Gasteiger partial charge on any atom is 0.166 e. The lowest BCUT2D eigenvalue weighted by Crippen LogP contribution is -2.21. The van der Waals surface area contributed by atoms with E-state index in [2.05, 4.69) is 26.2 Å². The number of nitrogens with one attached hydrogen (secondary N) is 1. The molecule has 0 bridgehead atoms. The second kappa shape index (κ2) is 4.45. The molecule has 0 radical (unpaired) electrons. The normalized spacial score (nSPS) is 25.5. The first-order chi connectivity index (χ1) is 7.15. The lowest BCUT2D eigenvalue weighted by atomic mass is 10.2.